The van der Waals surface area contributed by atoms with Crippen molar-refractivity contribution in [1.29, 1.82) is 0 Å². The summed E-state index contributed by atoms with van der Waals surface area (Å²) in [4.78, 5) is 29.1. The molecule has 2 atom stereocenters. The van der Waals surface area contributed by atoms with Gasteiger partial charge >= 0.3 is 6.03 Å². The molecule has 5 rings (SSSR count). The maximum absolute atomic E-state index is 12.8. The minimum atomic E-state index is -0.140. The summed E-state index contributed by atoms with van der Waals surface area (Å²) in [6, 6.07) is 5.35. The predicted octanol–water partition coefficient (Wildman–Crippen LogP) is 2.79. The lowest BCUT2D eigenvalue weighted by Crippen LogP contribution is -2.42. The Kier molecular flexibility index (Phi) is 5.05. The topological polar surface area (TPSA) is 64.7 Å². The van der Waals surface area contributed by atoms with Crippen LogP contribution < -0.4 is 10.6 Å². The number of fused-ring (bicyclic) bond motifs is 4. The molecular formula is C19H25ClN4O2. The number of carbonyl (C=O) groups excluding carboxylic acids is 2. The van der Waals surface area contributed by atoms with Gasteiger partial charge in [-0.25, -0.2) is 4.79 Å². The molecule has 2 N–H and O–H groups in total. The Labute approximate surface area is 158 Å². The zero-order valence-corrected chi connectivity index (χ0v) is 15.6. The van der Waals surface area contributed by atoms with E-state index in [4.69, 9.17) is 11.6 Å². The maximum atomic E-state index is 12.8. The molecule has 1 aromatic rings. The van der Waals surface area contributed by atoms with Crippen LogP contribution in [-0.4, -0.2) is 60.5 Å². The number of nitrogens with zero attached hydrogens (tertiary/aromatic N) is 2. The van der Waals surface area contributed by atoms with Crippen molar-refractivity contribution in [2.24, 2.45) is 5.92 Å². The molecule has 1 aromatic carbocycles. The highest BCUT2D eigenvalue weighted by atomic mass is 35.5. The van der Waals surface area contributed by atoms with Gasteiger partial charge in [0, 0.05) is 37.8 Å². The SMILES string of the molecule is O=C(Nc1cc(C(=O)N2CCCC2)ccc1Cl)N1C[C@H]2CC[C@@H](C1)NC2. The summed E-state index contributed by atoms with van der Waals surface area (Å²) >= 11 is 6.28. The predicted molar refractivity (Wildman–Crippen MR) is 102 cm³/mol. The van der Waals surface area contributed by atoms with E-state index in [0.717, 1.165) is 45.4 Å². The van der Waals surface area contributed by atoms with Crippen LogP contribution in [0.1, 0.15) is 36.0 Å². The average Bonchev–Trinajstić information content (AvgIpc) is 3.01. The van der Waals surface area contributed by atoms with Crippen molar-refractivity contribution in [3.8, 4) is 0 Å². The highest BCUT2D eigenvalue weighted by molar-refractivity contribution is 6.33. The van der Waals surface area contributed by atoms with Crippen LogP contribution in [0.2, 0.25) is 5.02 Å². The maximum Gasteiger partial charge on any atom is 0.321 e. The fourth-order valence-corrected chi connectivity index (χ4v) is 4.32. The molecule has 4 aliphatic heterocycles. The molecule has 0 radical (unpaired) electrons. The number of piperidine rings is 1. The van der Waals surface area contributed by atoms with Crippen molar-refractivity contribution < 1.29 is 9.59 Å². The van der Waals surface area contributed by atoms with Crippen LogP contribution in [0.25, 0.3) is 0 Å². The third-order valence-corrected chi connectivity index (χ3v) is 6.00. The Hall–Kier alpha value is -1.79. The zero-order chi connectivity index (χ0) is 18.1. The summed E-state index contributed by atoms with van der Waals surface area (Å²) in [6.07, 6.45) is 4.39. The van der Waals surface area contributed by atoms with Gasteiger partial charge in [0.1, 0.15) is 0 Å². The van der Waals surface area contributed by atoms with Crippen molar-refractivity contribution in [1.82, 2.24) is 15.1 Å². The molecule has 0 spiro atoms. The Morgan fingerprint density at radius 2 is 1.92 bits per heavy atom. The van der Waals surface area contributed by atoms with E-state index in [1.807, 2.05) is 9.80 Å². The van der Waals surface area contributed by atoms with Gasteiger partial charge < -0.3 is 20.4 Å². The number of nitrogens with one attached hydrogen (secondary N) is 2. The molecule has 4 aliphatic rings. The van der Waals surface area contributed by atoms with Gasteiger partial charge in [0.15, 0.2) is 0 Å². The first-order chi connectivity index (χ1) is 12.6. The molecule has 140 valence electrons. The number of benzene rings is 1. The van der Waals surface area contributed by atoms with E-state index in [2.05, 4.69) is 10.6 Å². The van der Waals surface area contributed by atoms with Crippen LogP contribution >= 0.6 is 11.6 Å². The van der Waals surface area contributed by atoms with Crippen LogP contribution in [0.15, 0.2) is 18.2 Å². The average molecular weight is 377 g/mol. The summed E-state index contributed by atoms with van der Waals surface area (Å²) in [6.45, 7) is 4.06. The van der Waals surface area contributed by atoms with Gasteiger partial charge in [-0.2, -0.15) is 0 Å². The molecule has 3 amide bonds. The number of carbonyl (C=O) groups is 2. The molecule has 0 unspecified atom stereocenters. The first-order valence-corrected chi connectivity index (χ1v) is 9.86. The van der Waals surface area contributed by atoms with Gasteiger partial charge in [-0.15, -0.1) is 0 Å². The molecule has 7 heteroatoms. The van der Waals surface area contributed by atoms with Crippen LogP contribution in [0, 0.1) is 5.92 Å². The van der Waals surface area contributed by atoms with Crippen LogP contribution in [0.3, 0.4) is 0 Å². The summed E-state index contributed by atoms with van der Waals surface area (Å²) in [5.74, 6) is 0.518. The van der Waals surface area contributed by atoms with Gasteiger partial charge in [0.25, 0.3) is 5.91 Å². The molecule has 0 aromatic heterocycles. The fourth-order valence-electron chi connectivity index (χ4n) is 4.16. The first-order valence-electron chi connectivity index (χ1n) is 9.48. The van der Waals surface area contributed by atoms with Crippen molar-refractivity contribution in [3.05, 3.63) is 28.8 Å². The summed E-state index contributed by atoms with van der Waals surface area (Å²) in [7, 11) is 0. The second-order valence-electron chi connectivity index (χ2n) is 7.58. The highest BCUT2D eigenvalue weighted by Crippen LogP contribution is 2.26. The van der Waals surface area contributed by atoms with Gasteiger partial charge in [0.05, 0.1) is 10.7 Å². The number of amides is 3. The van der Waals surface area contributed by atoms with Crippen molar-refractivity contribution in [2.45, 2.75) is 31.7 Å². The second-order valence-corrected chi connectivity index (χ2v) is 7.98. The molecule has 2 bridgehead atoms. The quantitative estimate of drug-likeness (QED) is 0.834. The number of rotatable bonds is 2. The van der Waals surface area contributed by atoms with E-state index in [1.165, 1.54) is 6.42 Å². The Bertz CT molecular complexity index is 683. The van der Waals surface area contributed by atoms with E-state index in [9.17, 15) is 9.59 Å². The normalized spacial score (nSPS) is 25.3. The lowest BCUT2D eigenvalue weighted by molar-refractivity contribution is 0.0793. The lowest BCUT2D eigenvalue weighted by Gasteiger charge is -2.23. The number of likely N-dealkylation sites (tertiary alicyclic amines) is 1. The van der Waals surface area contributed by atoms with Crippen molar-refractivity contribution in [2.75, 3.05) is 38.0 Å². The Balaban J connectivity index is 1.47. The molecule has 0 aliphatic carbocycles. The van der Waals surface area contributed by atoms with E-state index in [0.29, 0.717) is 34.8 Å². The number of urea groups is 1. The summed E-state index contributed by atoms with van der Waals surface area (Å²) in [5, 5.41) is 6.87. The van der Waals surface area contributed by atoms with Crippen LogP contribution in [0.4, 0.5) is 10.5 Å². The number of anilines is 1. The minimum Gasteiger partial charge on any atom is -0.339 e. The van der Waals surface area contributed by atoms with E-state index >= 15 is 0 Å². The monoisotopic (exact) mass is 376 g/mol. The lowest BCUT2D eigenvalue weighted by atomic mass is 9.97. The second kappa shape index (κ2) is 7.45. The summed E-state index contributed by atoms with van der Waals surface area (Å²) in [5.41, 5.74) is 1.08. The minimum absolute atomic E-state index is 0.00619. The summed E-state index contributed by atoms with van der Waals surface area (Å²) < 4.78 is 0. The largest absolute Gasteiger partial charge is 0.339 e. The van der Waals surface area contributed by atoms with E-state index < -0.39 is 0 Å². The van der Waals surface area contributed by atoms with E-state index in [1.54, 1.807) is 18.2 Å². The Morgan fingerprint density at radius 1 is 1.12 bits per heavy atom. The third-order valence-electron chi connectivity index (χ3n) is 5.67. The molecule has 4 saturated heterocycles. The molecule has 4 fully saturated rings. The molecule has 6 nitrogen and oxygen atoms in total. The molecular weight excluding hydrogens is 352 g/mol. The van der Waals surface area contributed by atoms with Gasteiger partial charge in [-0.3, -0.25) is 4.79 Å². The smallest absolute Gasteiger partial charge is 0.321 e. The zero-order valence-electron chi connectivity index (χ0n) is 14.8. The standard InChI is InChI=1S/C19H25ClN4O2/c20-16-6-4-14(18(25)23-7-1-2-8-23)9-17(16)22-19(26)24-11-13-3-5-15(12-24)21-10-13/h4,6,9,13,15,21H,1-3,5,7-8,10-12H2,(H,22,26)/t13-,15-/m0/s1. The van der Waals surface area contributed by atoms with Gasteiger partial charge in [0.2, 0.25) is 0 Å². The number of halogens is 1. The first kappa shape index (κ1) is 17.6. The van der Waals surface area contributed by atoms with Crippen LogP contribution in [-0.2, 0) is 0 Å². The van der Waals surface area contributed by atoms with Gasteiger partial charge in [-0.1, -0.05) is 11.6 Å². The van der Waals surface area contributed by atoms with E-state index in [-0.39, 0.29) is 11.9 Å². The third kappa shape index (κ3) is 3.67. The Morgan fingerprint density at radius 3 is 2.65 bits per heavy atom. The molecule has 26 heavy (non-hydrogen) atoms. The molecule has 4 heterocycles. The highest BCUT2D eigenvalue weighted by Gasteiger charge is 2.31. The van der Waals surface area contributed by atoms with Crippen molar-refractivity contribution in [3.63, 3.8) is 0 Å². The number of hydrogen-bond acceptors (Lipinski definition) is 3. The fraction of sp³-hybridized carbons (Fsp3) is 0.579. The van der Waals surface area contributed by atoms with Crippen molar-refractivity contribution >= 4 is 29.2 Å². The number of hydrogen-bond donors (Lipinski definition) is 2. The molecule has 0 saturated carbocycles. The van der Waals surface area contributed by atoms with Crippen LogP contribution in [0.5, 0.6) is 0 Å². The van der Waals surface area contributed by atoms with Gasteiger partial charge in [-0.05, 0) is 56.3 Å².